The Morgan fingerprint density at radius 1 is 1.20 bits per heavy atom. The molecule has 4 aromatic rings. The van der Waals surface area contributed by atoms with Crippen molar-refractivity contribution >= 4 is 22.5 Å². The molecule has 0 unspecified atom stereocenters. The Kier molecular flexibility index (Phi) is 3.66. The zero-order chi connectivity index (χ0) is 17.2. The summed E-state index contributed by atoms with van der Waals surface area (Å²) in [7, 11) is 0. The normalized spacial score (nSPS) is 10.9. The first kappa shape index (κ1) is 14.9. The van der Waals surface area contributed by atoms with Crippen LogP contribution < -0.4 is 10.9 Å². The van der Waals surface area contributed by atoms with Gasteiger partial charge in [0.15, 0.2) is 5.76 Å². The Labute approximate surface area is 141 Å². The Hall–Kier alpha value is -3.61. The molecule has 0 radical (unpaired) electrons. The van der Waals surface area contributed by atoms with Crippen LogP contribution in [0.3, 0.4) is 0 Å². The Balaban J connectivity index is 1.50. The largest absolute Gasteiger partial charge is 0.454 e. The van der Waals surface area contributed by atoms with Gasteiger partial charge in [-0.1, -0.05) is 6.07 Å². The van der Waals surface area contributed by atoms with E-state index >= 15 is 0 Å². The minimum Gasteiger partial charge on any atom is -0.454 e. The zero-order valence-corrected chi connectivity index (χ0v) is 13.1. The maximum absolute atomic E-state index is 12.3. The highest BCUT2D eigenvalue weighted by Crippen LogP contribution is 2.18. The van der Waals surface area contributed by atoms with E-state index in [2.05, 4.69) is 15.5 Å². The van der Waals surface area contributed by atoms with Crippen LogP contribution in [-0.4, -0.2) is 20.7 Å². The second-order valence-corrected chi connectivity index (χ2v) is 5.56. The molecule has 1 amide bonds. The number of aromatic nitrogens is 3. The molecule has 0 aliphatic rings. The lowest BCUT2D eigenvalue weighted by molar-refractivity contribution is 0.0995. The van der Waals surface area contributed by atoms with Crippen LogP contribution in [0.1, 0.15) is 16.3 Å². The van der Waals surface area contributed by atoms with Crippen LogP contribution >= 0.6 is 0 Å². The number of carbonyl (C=O) groups is 1. The fourth-order valence-corrected chi connectivity index (χ4v) is 2.56. The summed E-state index contributed by atoms with van der Waals surface area (Å²) in [5.41, 5.74) is 1.42. The molecule has 2 N–H and O–H groups in total. The SMILES string of the molecule is O=C(Nc1ccc2[nH]ncc2c1)c1ccc(Cn2ccccc2=O)o1. The second kappa shape index (κ2) is 6.12. The summed E-state index contributed by atoms with van der Waals surface area (Å²) < 4.78 is 7.07. The number of amides is 1. The number of furan rings is 1. The number of hydrogen-bond donors (Lipinski definition) is 2. The number of nitrogens with zero attached hydrogens (tertiary/aromatic N) is 2. The van der Waals surface area contributed by atoms with Crippen molar-refractivity contribution in [1.82, 2.24) is 14.8 Å². The molecule has 3 heterocycles. The molecule has 0 saturated heterocycles. The average molecular weight is 334 g/mol. The second-order valence-electron chi connectivity index (χ2n) is 5.56. The van der Waals surface area contributed by atoms with Gasteiger partial charge in [0.05, 0.1) is 18.3 Å². The van der Waals surface area contributed by atoms with E-state index in [1.165, 1.54) is 10.6 Å². The van der Waals surface area contributed by atoms with Gasteiger partial charge in [-0.05, 0) is 36.4 Å². The number of aromatic amines is 1. The van der Waals surface area contributed by atoms with Crippen molar-refractivity contribution in [1.29, 1.82) is 0 Å². The van der Waals surface area contributed by atoms with Gasteiger partial charge in [-0.25, -0.2) is 0 Å². The molecule has 124 valence electrons. The molecule has 3 aromatic heterocycles. The van der Waals surface area contributed by atoms with Crippen LogP contribution in [0.25, 0.3) is 10.9 Å². The lowest BCUT2D eigenvalue weighted by atomic mass is 10.2. The van der Waals surface area contributed by atoms with E-state index in [9.17, 15) is 9.59 Å². The summed E-state index contributed by atoms with van der Waals surface area (Å²) in [6.45, 7) is 0.272. The summed E-state index contributed by atoms with van der Waals surface area (Å²) in [4.78, 5) is 24.0. The van der Waals surface area contributed by atoms with Gasteiger partial charge in [0, 0.05) is 23.3 Å². The lowest BCUT2D eigenvalue weighted by Gasteiger charge is -2.04. The van der Waals surface area contributed by atoms with E-state index in [0.717, 1.165) is 10.9 Å². The topological polar surface area (TPSA) is 92.9 Å². The van der Waals surface area contributed by atoms with Crippen molar-refractivity contribution in [3.63, 3.8) is 0 Å². The van der Waals surface area contributed by atoms with E-state index in [1.807, 2.05) is 12.1 Å². The molecule has 4 rings (SSSR count). The molecule has 0 aliphatic carbocycles. The Morgan fingerprint density at radius 3 is 3.00 bits per heavy atom. The van der Waals surface area contributed by atoms with Crippen molar-refractivity contribution in [2.45, 2.75) is 6.54 Å². The Morgan fingerprint density at radius 2 is 2.12 bits per heavy atom. The van der Waals surface area contributed by atoms with E-state index in [1.54, 1.807) is 42.7 Å². The predicted octanol–water partition coefficient (Wildman–Crippen LogP) is 2.62. The van der Waals surface area contributed by atoms with Gasteiger partial charge in [-0.3, -0.25) is 14.7 Å². The number of rotatable bonds is 4. The number of H-pyrrole nitrogens is 1. The van der Waals surface area contributed by atoms with Gasteiger partial charge in [0.1, 0.15) is 5.76 Å². The molecule has 25 heavy (non-hydrogen) atoms. The van der Waals surface area contributed by atoms with Gasteiger partial charge in [-0.2, -0.15) is 5.10 Å². The van der Waals surface area contributed by atoms with Crippen molar-refractivity contribution < 1.29 is 9.21 Å². The van der Waals surface area contributed by atoms with Crippen molar-refractivity contribution in [3.8, 4) is 0 Å². The molecule has 0 saturated carbocycles. The number of anilines is 1. The first-order valence-corrected chi connectivity index (χ1v) is 7.68. The van der Waals surface area contributed by atoms with Crippen LogP contribution in [0.4, 0.5) is 5.69 Å². The zero-order valence-electron chi connectivity index (χ0n) is 13.1. The van der Waals surface area contributed by atoms with E-state index < -0.39 is 0 Å². The van der Waals surface area contributed by atoms with Crippen molar-refractivity contribution in [2.24, 2.45) is 0 Å². The summed E-state index contributed by atoms with van der Waals surface area (Å²) in [5.74, 6) is 0.365. The Bertz CT molecular complexity index is 1110. The van der Waals surface area contributed by atoms with Crippen LogP contribution in [0.2, 0.25) is 0 Å². The summed E-state index contributed by atoms with van der Waals surface area (Å²) in [6.07, 6.45) is 3.36. The molecular formula is C18H14N4O3. The summed E-state index contributed by atoms with van der Waals surface area (Å²) >= 11 is 0. The van der Waals surface area contributed by atoms with Crippen LogP contribution in [-0.2, 0) is 6.54 Å². The van der Waals surface area contributed by atoms with Crippen molar-refractivity contribution in [3.05, 3.63) is 82.8 Å². The highest BCUT2D eigenvalue weighted by Gasteiger charge is 2.12. The highest BCUT2D eigenvalue weighted by molar-refractivity contribution is 6.03. The van der Waals surface area contributed by atoms with Gasteiger partial charge in [0.25, 0.3) is 11.5 Å². The van der Waals surface area contributed by atoms with Gasteiger partial charge >= 0.3 is 0 Å². The first-order chi connectivity index (χ1) is 12.2. The molecule has 7 nitrogen and oxygen atoms in total. The number of nitrogens with one attached hydrogen (secondary N) is 2. The molecule has 0 atom stereocenters. The molecule has 0 fully saturated rings. The molecule has 7 heteroatoms. The number of benzene rings is 1. The maximum atomic E-state index is 12.3. The van der Waals surface area contributed by atoms with E-state index in [4.69, 9.17) is 4.42 Å². The molecule has 0 bridgehead atoms. The monoisotopic (exact) mass is 334 g/mol. The van der Waals surface area contributed by atoms with Crippen molar-refractivity contribution in [2.75, 3.05) is 5.32 Å². The summed E-state index contributed by atoms with van der Waals surface area (Å²) in [5, 5.41) is 10.5. The third kappa shape index (κ3) is 3.07. The number of carbonyl (C=O) groups excluding carboxylic acids is 1. The molecular weight excluding hydrogens is 320 g/mol. The lowest BCUT2D eigenvalue weighted by Crippen LogP contribution is -2.18. The number of hydrogen-bond acceptors (Lipinski definition) is 4. The quantitative estimate of drug-likeness (QED) is 0.600. The molecule has 1 aromatic carbocycles. The predicted molar refractivity (Wildman–Crippen MR) is 92.6 cm³/mol. The van der Waals surface area contributed by atoms with Crippen LogP contribution in [0.5, 0.6) is 0 Å². The van der Waals surface area contributed by atoms with Gasteiger partial charge in [0.2, 0.25) is 0 Å². The van der Waals surface area contributed by atoms with E-state index in [-0.39, 0.29) is 23.8 Å². The van der Waals surface area contributed by atoms with Gasteiger partial charge < -0.3 is 14.3 Å². The van der Waals surface area contributed by atoms with Gasteiger partial charge in [-0.15, -0.1) is 0 Å². The first-order valence-electron chi connectivity index (χ1n) is 7.68. The average Bonchev–Trinajstić information content (AvgIpc) is 3.25. The third-order valence-corrected chi connectivity index (χ3v) is 3.81. The standard InChI is InChI=1S/C18H14N4O3/c23-17-3-1-2-8-22(17)11-14-5-7-16(25-14)18(24)20-13-4-6-15-12(9-13)10-19-21-15/h1-10H,11H2,(H,19,21)(H,20,24). The fraction of sp³-hybridized carbons (Fsp3) is 0.0556. The van der Waals surface area contributed by atoms with Crippen LogP contribution in [0, 0.1) is 0 Å². The van der Waals surface area contributed by atoms with Crippen LogP contribution in [0.15, 0.2) is 70.1 Å². The minimum absolute atomic E-state index is 0.127. The summed E-state index contributed by atoms with van der Waals surface area (Å²) in [6, 6.07) is 13.6. The smallest absolute Gasteiger partial charge is 0.291 e. The number of pyridine rings is 1. The highest BCUT2D eigenvalue weighted by atomic mass is 16.4. The number of fused-ring (bicyclic) bond motifs is 1. The minimum atomic E-state index is -0.352. The third-order valence-electron chi connectivity index (χ3n) is 3.81. The molecule has 0 aliphatic heterocycles. The van der Waals surface area contributed by atoms with E-state index in [0.29, 0.717) is 11.4 Å². The maximum Gasteiger partial charge on any atom is 0.291 e. The fourth-order valence-electron chi connectivity index (χ4n) is 2.56. The molecule has 0 spiro atoms.